The number of hydrogen-bond donors (Lipinski definition) is 1. The third kappa shape index (κ3) is 8.25. The molecule has 1 amide bonds. The minimum Gasteiger partial charge on any atom is -0.494 e. The maximum Gasteiger partial charge on any atom is 0.338 e. The van der Waals surface area contributed by atoms with Gasteiger partial charge in [0.1, 0.15) is 11.5 Å². The lowest BCUT2D eigenvalue weighted by molar-refractivity contribution is -0.116. The number of unbranched alkanes of at least 4 members (excludes halogenated alkanes) is 1. The van der Waals surface area contributed by atoms with Gasteiger partial charge in [0.2, 0.25) is 5.91 Å². The largest absolute Gasteiger partial charge is 0.494 e. The zero-order valence-electron chi connectivity index (χ0n) is 17.1. The molecule has 0 aliphatic rings. The predicted molar refractivity (Wildman–Crippen MR) is 113 cm³/mol. The summed E-state index contributed by atoms with van der Waals surface area (Å²) in [7, 11) is 0. The van der Waals surface area contributed by atoms with Crippen molar-refractivity contribution in [3.8, 4) is 11.5 Å². The van der Waals surface area contributed by atoms with Crippen LogP contribution in [0.25, 0.3) is 0 Å². The molecule has 6 heteroatoms. The minimum absolute atomic E-state index is 0.0985. The number of amides is 1. The van der Waals surface area contributed by atoms with Gasteiger partial charge in [-0.3, -0.25) is 4.79 Å². The zero-order valence-corrected chi connectivity index (χ0v) is 17.1. The van der Waals surface area contributed by atoms with E-state index in [9.17, 15) is 9.59 Å². The topological polar surface area (TPSA) is 73.9 Å². The molecule has 0 atom stereocenters. The molecule has 0 aliphatic carbocycles. The van der Waals surface area contributed by atoms with Crippen LogP contribution < -0.4 is 14.8 Å². The van der Waals surface area contributed by atoms with Crippen LogP contribution in [0.5, 0.6) is 11.5 Å². The molecular weight excluding hydrogens is 370 g/mol. The molecule has 0 saturated carbocycles. The molecule has 0 heterocycles. The Morgan fingerprint density at radius 2 is 1.48 bits per heavy atom. The van der Waals surface area contributed by atoms with Crippen molar-refractivity contribution in [2.45, 2.75) is 39.5 Å². The molecule has 0 unspecified atom stereocenters. The highest BCUT2D eigenvalue weighted by atomic mass is 16.5. The number of rotatable bonds is 12. The molecule has 6 nitrogen and oxygen atoms in total. The summed E-state index contributed by atoms with van der Waals surface area (Å²) >= 11 is 0. The molecule has 2 aromatic carbocycles. The summed E-state index contributed by atoms with van der Waals surface area (Å²) in [4.78, 5) is 23.9. The first-order valence-corrected chi connectivity index (χ1v) is 10.0. The van der Waals surface area contributed by atoms with Crippen LogP contribution in [0.3, 0.4) is 0 Å². The number of carbonyl (C=O) groups is 2. The van der Waals surface area contributed by atoms with Crippen LogP contribution in [0, 0.1) is 0 Å². The quantitative estimate of drug-likeness (QED) is 0.408. The molecule has 29 heavy (non-hydrogen) atoms. The van der Waals surface area contributed by atoms with Crippen LogP contribution in [-0.4, -0.2) is 31.7 Å². The summed E-state index contributed by atoms with van der Waals surface area (Å²) in [5, 5.41) is 2.82. The number of nitrogens with one attached hydrogen (secondary N) is 1. The predicted octanol–water partition coefficient (Wildman–Crippen LogP) is 4.84. The lowest BCUT2D eigenvalue weighted by atomic mass is 10.2. The summed E-state index contributed by atoms with van der Waals surface area (Å²) < 4.78 is 16.2. The average molecular weight is 399 g/mol. The molecule has 0 saturated heterocycles. The Balaban J connectivity index is 1.67. The van der Waals surface area contributed by atoms with Gasteiger partial charge in [-0.2, -0.15) is 0 Å². The van der Waals surface area contributed by atoms with Gasteiger partial charge in [-0.1, -0.05) is 13.3 Å². The van der Waals surface area contributed by atoms with E-state index in [0.29, 0.717) is 43.9 Å². The van der Waals surface area contributed by atoms with Gasteiger partial charge in [-0.25, -0.2) is 4.79 Å². The van der Waals surface area contributed by atoms with E-state index < -0.39 is 0 Å². The smallest absolute Gasteiger partial charge is 0.338 e. The van der Waals surface area contributed by atoms with Gasteiger partial charge in [0.05, 0.1) is 25.4 Å². The number of anilines is 1. The van der Waals surface area contributed by atoms with E-state index in [-0.39, 0.29) is 11.9 Å². The molecule has 1 N–H and O–H groups in total. The number of benzene rings is 2. The molecule has 2 rings (SSSR count). The summed E-state index contributed by atoms with van der Waals surface area (Å²) in [6.45, 7) is 5.47. The van der Waals surface area contributed by atoms with E-state index >= 15 is 0 Å². The van der Waals surface area contributed by atoms with Gasteiger partial charge in [-0.15, -0.1) is 0 Å². The number of ether oxygens (including phenoxy) is 3. The molecule has 0 radical (unpaired) electrons. The maximum atomic E-state index is 12.1. The number of hydrogen-bond acceptors (Lipinski definition) is 5. The van der Waals surface area contributed by atoms with Crippen LogP contribution in [0.4, 0.5) is 5.69 Å². The Bertz CT molecular complexity index is 756. The standard InChI is InChI=1S/C23H29NO5/c1-3-5-16-29-23(26)18-8-10-19(11-9-18)24-22(25)7-6-17-28-21-14-12-20(13-15-21)27-4-2/h8-15H,3-7,16-17H2,1-2H3,(H,24,25). The lowest BCUT2D eigenvalue weighted by Gasteiger charge is -2.09. The molecule has 0 aliphatic heterocycles. The highest BCUT2D eigenvalue weighted by Gasteiger charge is 2.08. The van der Waals surface area contributed by atoms with E-state index in [1.165, 1.54) is 0 Å². The first-order chi connectivity index (χ1) is 14.1. The Kier molecular flexibility index (Phi) is 9.55. The summed E-state index contributed by atoms with van der Waals surface area (Å²) in [6.07, 6.45) is 2.77. The molecular formula is C23H29NO5. The Labute approximate surface area is 172 Å². The van der Waals surface area contributed by atoms with Gasteiger partial charge < -0.3 is 19.5 Å². The van der Waals surface area contributed by atoms with Crippen molar-refractivity contribution < 1.29 is 23.8 Å². The first kappa shape index (κ1) is 22.3. The van der Waals surface area contributed by atoms with Crippen LogP contribution in [-0.2, 0) is 9.53 Å². The highest BCUT2D eigenvalue weighted by Crippen LogP contribution is 2.18. The van der Waals surface area contributed by atoms with E-state index in [0.717, 1.165) is 24.3 Å². The monoisotopic (exact) mass is 399 g/mol. The Hall–Kier alpha value is -3.02. The second-order valence-corrected chi connectivity index (χ2v) is 6.47. The van der Waals surface area contributed by atoms with Crippen LogP contribution in [0.1, 0.15) is 49.9 Å². The van der Waals surface area contributed by atoms with E-state index in [4.69, 9.17) is 14.2 Å². The molecule has 0 fully saturated rings. The lowest BCUT2D eigenvalue weighted by Crippen LogP contribution is -2.13. The number of esters is 1. The summed E-state index contributed by atoms with van der Waals surface area (Å²) in [5.74, 6) is 1.11. The fourth-order valence-electron chi connectivity index (χ4n) is 2.53. The van der Waals surface area contributed by atoms with Gasteiger partial charge in [0.25, 0.3) is 0 Å². The third-order valence-corrected chi connectivity index (χ3v) is 4.09. The van der Waals surface area contributed by atoms with Crippen molar-refractivity contribution in [3.05, 3.63) is 54.1 Å². The molecule has 0 spiro atoms. The Morgan fingerprint density at radius 3 is 2.10 bits per heavy atom. The van der Waals surface area contributed by atoms with Crippen molar-refractivity contribution >= 4 is 17.6 Å². The van der Waals surface area contributed by atoms with E-state index in [1.807, 2.05) is 38.1 Å². The van der Waals surface area contributed by atoms with Gasteiger partial charge in [-0.05, 0) is 68.3 Å². The molecule has 2 aromatic rings. The van der Waals surface area contributed by atoms with Crippen molar-refractivity contribution in [2.75, 3.05) is 25.1 Å². The van der Waals surface area contributed by atoms with E-state index in [2.05, 4.69) is 5.32 Å². The third-order valence-electron chi connectivity index (χ3n) is 4.09. The van der Waals surface area contributed by atoms with Crippen LogP contribution in [0.15, 0.2) is 48.5 Å². The second-order valence-electron chi connectivity index (χ2n) is 6.47. The first-order valence-electron chi connectivity index (χ1n) is 10.0. The van der Waals surface area contributed by atoms with Gasteiger partial charge in [0.15, 0.2) is 0 Å². The molecule has 0 aromatic heterocycles. The van der Waals surface area contributed by atoms with Crippen molar-refractivity contribution in [1.29, 1.82) is 0 Å². The maximum absolute atomic E-state index is 12.1. The SMILES string of the molecule is CCCCOC(=O)c1ccc(NC(=O)CCCOc2ccc(OCC)cc2)cc1. The van der Waals surface area contributed by atoms with E-state index in [1.54, 1.807) is 24.3 Å². The Morgan fingerprint density at radius 1 is 0.828 bits per heavy atom. The fourth-order valence-corrected chi connectivity index (χ4v) is 2.53. The number of carbonyl (C=O) groups excluding carboxylic acids is 2. The summed E-state index contributed by atoms with van der Waals surface area (Å²) in [6, 6.07) is 14.1. The molecule has 0 bridgehead atoms. The van der Waals surface area contributed by atoms with Crippen LogP contribution >= 0.6 is 0 Å². The van der Waals surface area contributed by atoms with Crippen molar-refractivity contribution in [3.63, 3.8) is 0 Å². The zero-order chi connectivity index (χ0) is 20.9. The second kappa shape index (κ2) is 12.4. The fraction of sp³-hybridized carbons (Fsp3) is 0.391. The normalized spacial score (nSPS) is 10.3. The van der Waals surface area contributed by atoms with Gasteiger partial charge in [0, 0.05) is 12.1 Å². The average Bonchev–Trinajstić information content (AvgIpc) is 2.73. The highest BCUT2D eigenvalue weighted by molar-refractivity contribution is 5.93. The van der Waals surface area contributed by atoms with Gasteiger partial charge >= 0.3 is 5.97 Å². The van der Waals surface area contributed by atoms with Crippen molar-refractivity contribution in [2.24, 2.45) is 0 Å². The minimum atomic E-state index is -0.345. The van der Waals surface area contributed by atoms with Crippen molar-refractivity contribution in [1.82, 2.24) is 0 Å². The molecule has 156 valence electrons. The summed E-state index contributed by atoms with van der Waals surface area (Å²) in [5.41, 5.74) is 1.12. The van der Waals surface area contributed by atoms with Crippen LogP contribution in [0.2, 0.25) is 0 Å².